The van der Waals surface area contributed by atoms with Gasteiger partial charge in [-0.1, -0.05) is 6.92 Å². The number of halogens is 2. The average molecular weight is 517 g/mol. The minimum Gasteiger partial charge on any atom is -0.360 e. The predicted octanol–water partition coefficient (Wildman–Crippen LogP) is 6.04. The number of nitrogens with one attached hydrogen (secondary N) is 2. The fourth-order valence-electron chi connectivity index (χ4n) is 8.38. The van der Waals surface area contributed by atoms with Crippen LogP contribution in [0.1, 0.15) is 90.4 Å². The molecule has 2 N–H and O–H groups in total. The lowest BCUT2D eigenvalue weighted by Gasteiger charge is -2.43. The maximum atomic E-state index is 14.2. The smallest absolute Gasteiger partial charge is 0.223 e. The number of carbonyl (C=O) groups is 1. The number of hydrogen-bond acceptors (Lipinski definition) is 3. The molecule has 0 aromatic carbocycles. The van der Waals surface area contributed by atoms with E-state index >= 15 is 0 Å². The summed E-state index contributed by atoms with van der Waals surface area (Å²) in [4.78, 5) is 16.0. The lowest BCUT2D eigenvalue weighted by atomic mass is 9.63. The Labute approximate surface area is 221 Å². The number of hydrogen-bond donors (Lipinski definition) is 2. The zero-order valence-electron chi connectivity index (χ0n) is 22.5. The predicted molar refractivity (Wildman–Crippen MR) is 140 cm³/mol. The molecule has 206 valence electrons. The Morgan fingerprint density at radius 3 is 2.54 bits per heavy atom. The van der Waals surface area contributed by atoms with E-state index in [0.717, 1.165) is 77.3 Å². The van der Waals surface area contributed by atoms with Crippen LogP contribution >= 0.6 is 0 Å². The Morgan fingerprint density at radius 1 is 1.08 bits per heavy atom. The molecule has 10 atom stereocenters. The number of amidine groups is 1. The van der Waals surface area contributed by atoms with Crippen molar-refractivity contribution in [2.45, 2.75) is 109 Å². The molecule has 1 aliphatic heterocycles. The van der Waals surface area contributed by atoms with Crippen LogP contribution in [0.15, 0.2) is 0 Å². The van der Waals surface area contributed by atoms with Crippen molar-refractivity contribution in [3.63, 3.8) is 0 Å². The van der Waals surface area contributed by atoms with Crippen molar-refractivity contribution in [2.75, 3.05) is 13.1 Å². The van der Waals surface area contributed by atoms with Crippen LogP contribution in [0.3, 0.4) is 0 Å². The molecule has 4 saturated carbocycles. The van der Waals surface area contributed by atoms with Crippen molar-refractivity contribution >= 4 is 11.7 Å². The molecule has 1 saturated heterocycles. The molecule has 5 aliphatic rings. The summed E-state index contributed by atoms with van der Waals surface area (Å²) in [6.07, 6.45) is 9.04. The molecule has 4 aliphatic carbocycles. The molecule has 0 aromatic rings. The maximum Gasteiger partial charge on any atom is 0.223 e. The molecule has 7 heteroatoms. The topological polar surface area (TPSA) is 80.0 Å². The normalized spacial score (nSPS) is 41.7. The highest BCUT2D eigenvalue weighted by Gasteiger charge is 2.45. The van der Waals surface area contributed by atoms with Gasteiger partial charge < -0.3 is 10.2 Å². The molecule has 0 radical (unpaired) electrons. The third-order valence-electron chi connectivity index (χ3n) is 10.6. The van der Waals surface area contributed by atoms with Crippen LogP contribution in [-0.2, 0) is 4.79 Å². The summed E-state index contributed by atoms with van der Waals surface area (Å²) >= 11 is 0. The quantitative estimate of drug-likeness (QED) is 0.433. The van der Waals surface area contributed by atoms with Gasteiger partial charge in [-0.3, -0.25) is 10.2 Å². The number of likely N-dealkylation sites (tertiary alicyclic amines) is 1. The number of rotatable bonds is 7. The van der Waals surface area contributed by atoms with Gasteiger partial charge in [-0.2, -0.15) is 5.26 Å². The second-order valence-electron chi connectivity index (χ2n) is 13.3. The highest BCUT2D eigenvalue weighted by molar-refractivity contribution is 5.81. The van der Waals surface area contributed by atoms with E-state index in [0.29, 0.717) is 42.9 Å². The lowest BCUT2D eigenvalue weighted by molar-refractivity contribution is -0.129. The number of nitriles is 1. The third kappa shape index (κ3) is 6.31. The van der Waals surface area contributed by atoms with Crippen molar-refractivity contribution in [3.8, 4) is 6.07 Å². The van der Waals surface area contributed by atoms with Gasteiger partial charge in [0.05, 0.1) is 17.8 Å². The van der Waals surface area contributed by atoms with E-state index in [2.05, 4.69) is 16.3 Å². The minimum atomic E-state index is -0.884. The van der Waals surface area contributed by atoms with E-state index in [1.54, 1.807) is 0 Å². The number of amides is 1. The molecule has 1 amide bonds. The van der Waals surface area contributed by atoms with E-state index in [9.17, 15) is 18.8 Å². The van der Waals surface area contributed by atoms with E-state index in [-0.39, 0.29) is 41.5 Å². The van der Waals surface area contributed by atoms with Crippen LogP contribution < -0.4 is 5.32 Å². The van der Waals surface area contributed by atoms with Crippen molar-refractivity contribution in [1.82, 2.24) is 10.2 Å². The van der Waals surface area contributed by atoms with E-state index in [4.69, 9.17) is 5.41 Å². The largest absolute Gasteiger partial charge is 0.360 e. The van der Waals surface area contributed by atoms with Crippen LogP contribution in [0.2, 0.25) is 0 Å². The zero-order chi connectivity index (χ0) is 26.1. The molecule has 9 unspecified atom stereocenters. The highest BCUT2D eigenvalue weighted by Crippen LogP contribution is 2.47. The second kappa shape index (κ2) is 11.6. The molecule has 5 rings (SSSR count). The van der Waals surface area contributed by atoms with Gasteiger partial charge in [-0.05, 0) is 113 Å². The van der Waals surface area contributed by atoms with Gasteiger partial charge in [0.2, 0.25) is 5.91 Å². The first kappa shape index (κ1) is 26.9. The fourth-order valence-corrected chi connectivity index (χ4v) is 8.38. The van der Waals surface area contributed by atoms with Crippen LogP contribution in [0.5, 0.6) is 0 Å². The van der Waals surface area contributed by atoms with Crippen molar-refractivity contribution in [1.29, 1.82) is 10.7 Å². The summed E-state index contributed by atoms with van der Waals surface area (Å²) in [6, 6.07) is 2.57. The summed E-state index contributed by atoms with van der Waals surface area (Å²) in [5.41, 5.74) is 0. The van der Waals surface area contributed by atoms with Gasteiger partial charge in [0.1, 0.15) is 12.3 Å². The molecule has 0 bridgehead atoms. The van der Waals surface area contributed by atoms with Crippen LogP contribution in [0.25, 0.3) is 0 Å². The van der Waals surface area contributed by atoms with Gasteiger partial charge in [-0.25, -0.2) is 8.78 Å². The molecule has 37 heavy (non-hydrogen) atoms. The van der Waals surface area contributed by atoms with E-state index in [1.165, 1.54) is 0 Å². The van der Waals surface area contributed by atoms with Gasteiger partial charge in [0.25, 0.3) is 0 Å². The average Bonchev–Trinajstić information content (AvgIpc) is 3.65. The van der Waals surface area contributed by atoms with E-state index < -0.39 is 12.3 Å². The van der Waals surface area contributed by atoms with Crippen LogP contribution in [0, 0.1) is 64.1 Å². The molecule has 0 spiro atoms. The summed E-state index contributed by atoms with van der Waals surface area (Å²) in [6.45, 7) is 3.75. The third-order valence-corrected chi connectivity index (χ3v) is 10.6. The summed E-state index contributed by atoms with van der Waals surface area (Å²) in [5.74, 6) is 2.17. The van der Waals surface area contributed by atoms with Crippen LogP contribution in [-0.4, -0.2) is 48.1 Å². The Morgan fingerprint density at radius 2 is 1.86 bits per heavy atom. The van der Waals surface area contributed by atoms with Gasteiger partial charge in [-0.15, -0.1) is 0 Å². The number of nitrogens with zero attached hydrogens (tertiary/aromatic N) is 2. The maximum absolute atomic E-state index is 14.2. The van der Waals surface area contributed by atoms with Crippen molar-refractivity contribution < 1.29 is 13.6 Å². The van der Waals surface area contributed by atoms with Gasteiger partial charge >= 0.3 is 0 Å². The Bertz CT molecular complexity index is 872. The molecule has 0 aromatic heterocycles. The molecular formula is C30H46F2N4O. The van der Waals surface area contributed by atoms with Gasteiger partial charge in [0, 0.05) is 31.5 Å². The summed E-state index contributed by atoms with van der Waals surface area (Å²) in [7, 11) is 0. The minimum absolute atomic E-state index is 0.0599. The van der Waals surface area contributed by atoms with Crippen LogP contribution in [0.4, 0.5) is 8.78 Å². The first-order chi connectivity index (χ1) is 17.8. The molecule has 5 nitrogen and oxygen atoms in total. The van der Waals surface area contributed by atoms with Crippen molar-refractivity contribution in [3.05, 3.63) is 0 Å². The summed E-state index contributed by atoms with van der Waals surface area (Å²) in [5, 5.41) is 21.6. The first-order valence-electron chi connectivity index (χ1n) is 15.1. The Hall–Kier alpha value is -1.71. The zero-order valence-corrected chi connectivity index (χ0v) is 22.5. The number of carbonyl (C=O) groups excluding carboxylic acids is 1. The Kier molecular flexibility index (Phi) is 8.41. The van der Waals surface area contributed by atoms with Gasteiger partial charge in [0.15, 0.2) is 0 Å². The summed E-state index contributed by atoms with van der Waals surface area (Å²) < 4.78 is 28.3. The lowest BCUT2D eigenvalue weighted by Crippen LogP contribution is -2.49. The SMILES string of the molecule is CC1CC([C@@H](NC(=O)C2CC(CN3CCCC3=N)CC(C3CCC(F)CC3C#N)C2)C2CC2)CCC1F. The second-order valence-corrected chi connectivity index (χ2v) is 13.3. The highest BCUT2D eigenvalue weighted by atomic mass is 19.1. The Balaban J connectivity index is 1.29. The standard InChI is InChI=1S/C30H46F2N4O/c1-18-11-21(6-9-27(18)32)29(20-4-5-20)35-30(37)23-13-19(17-36-10-2-3-28(36)34)12-22(14-23)26-8-7-25(31)15-24(26)16-33/h18-27,29,34H,2-15,17H2,1H3,(H,35,37)/t18?,19?,21?,22?,23?,24?,25?,26?,27?,29-/m0/s1. The monoisotopic (exact) mass is 516 g/mol. The molecule has 5 fully saturated rings. The fraction of sp³-hybridized carbons (Fsp3) is 0.900. The molecule has 1 heterocycles. The van der Waals surface area contributed by atoms with E-state index in [1.807, 2.05) is 6.92 Å². The molecular weight excluding hydrogens is 470 g/mol. The number of alkyl halides is 2. The van der Waals surface area contributed by atoms with Crippen molar-refractivity contribution in [2.24, 2.45) is 47.3 Å². The first-order valence-corrected chi connectivity index (χ1v) is 15.1.